The summed E-state index contributed by atoms with van der Waals surface area (Å²) >= 11 is 0. The van der Waals surface area contributed by atoms with E-state index >= 15 is 0 Å². The fraction of sp³-hybridized carbons (Fsp3) is 0.333. The van der Waals surface area contributed by atoms with Crippen LogP contribution in [0.5, 0.6) is 0 Å². The van der Waals surface area contributed by atoms with Crippen LogP contribution in [-0.2, 0) is 11.2 Å². The van der Waals surface area contributed by atoms with Crippen LogP contribution in [0.2, 0.25) is 0 Å². The van der Waals surface area contributed by atoms with Crippen molar-refractivity contribution in [3.05, 3.63) is 89.3 Å². The minimum atomic E-state index is -0.221. The van der Waals surface area contributed by atoms with Gasteiger partial charge in [-0.25, -0.2) is 19.6 Å². The van der Waals surface area contributed by atoms with Crippen molar-refractivity contribution in [3.63, 3.8) is 0 Å². The molecule has 2 aromatic rings. The monoisotopic (exact) mass is 446 g/mol. The van der Waals surface area contributed by atoms with Gasteiger partial charge in [0.15, 0.2) is 0 Å². The summed E-state index contributed by atoms with van der Waals surface area (Å²) in [4.78, 5) is 23.7. The van der Waals surface area contributed by atoms with E-state index in [-0.39, 0.29) is 11.7 Å². The fourth-order valence-electron chi connectivity index (χ4n) is 3.74. The van der Waals surface area contributed by atoms with E-state index in [0.717, 1.165) is 42.6 Å². The van der Waals surface area contributed by atoms with Gasteiger partial charge in [0.05, 0.1) is 5.69 Å². The molecule has 2 heterocycles. The van der Waals surface area contributed by atoms with Crippen molar-refractivity contribution in [2.75, 3.05) is 13.1 Å². The minimum absolute atomic E-state index is 0.0246. The molecule has 1 aliphatic rings. The predicted octanol–water partition coefficient (Wildman–Crippen LogP) is 5.53. The molecule has 172 valence electrons. The van der Waals surface area contributed by atoms with E-state index in [1.165, 1.54) is 24.0 Å². The number of carbonyl (C=O) groups excluding carboxylic acids is 1. The Morgan fingerprint density at radius 2 is 1.97 bits per heavy atom. The second kappa shape index (κ2) is 13.1. The first-order valence-electron chi connectivity index (χ1n) is 11.1. The van der Waals surface area contributed by atoms with E-state index in [1.54, 1.807) is 6.20 Å². The van der Waals surface area contributed by atoms with Gasteiger partial charge in [0.2, 0.25) is 0 Å². The Labute approximate surface area is 196 Å². The Hall–Kier alpha value is -3.59. The molecule has 0 bridgehead atoms. The third kappa shape index (κ3) is 7.50. The zero-order valence-electron chi connectivity index (χ0n) is 19.5. The highest BCUT2D eigenvalue weighted by atomic mass is 19.1. The van der Waals surface area contributed by atoms with Crippen LogP contribution in [-0.4, -0.2) is 33.9 Å². The summed E-state index contributed by atoms with van der Waals surface area (Å²) in [6, 6.07) is 8.47. The number of allylic oxidation sites excluding steroid dienone is 4. The molecule has 0 N–H and O–H groups in total. The quantitative estimate of drug-likeness (QED) is 0.414. The topological polar surface area (TPSA) is 69.9 Å². The smallest absolute Gasteiger partial charge is 0.254 e. The maximum atomic E-state index is 13.5. The molecular formula is C27H31FN4O. The van der Waals surface area contributed by atoms with Crippen LogP contribution in [0.1, 0.15) is 44.9 Å². The third-order valence-electron chi connectivity index (χ3n) is 5.81. The molecule has 1 atom stereocenters. The van der Waals surface area contributed by atoms with Gasteiger partial charge in [-0.3, -0.25) is 4.79 Å². The summed E-state index contributed by atoms with van der Waals surface area (Å²) in [6.45, 7) is 11.0. The Bertz CT molecular complexity index is 1020. The van der Waals surface area contributed by atoms with Gasteiger partial charge in [-0.1, -0.05) is 36.8 Å². The van der Waals surface area contributed by atoms with Gasteiger partial charge in [0, 0.05) is 31.4 Å². The summed E-state index contributed by atoms with van der Waals surface area (Å²) in [5.74, 6) is 0.179. The van der Waals surface area contributed by atoms with Crippen molar-refractivity contribution < 1.29 is 9.18 Å². The maximum absolute atomic E-state index is 13.5. The molecular weight excluding hydrogens is 415 g/mol. The Kier molecular flexibility index (Phi) is 10.2. The molecule has 0 unspecified atom stereocenters. The maximum Gasteiger partial charge on any atom is 0.254 e. The van der Waals surface area contributed by atoms with Gasteiger partial charge >= 0.3 is 0 Å². The van der Waals surface area contributed by atoms with Crippen LogP contribution in [0.15, 0.2) is 72.2 Å². The molecule has 1 aromatic heterocycles. The number of benzene rings is 1. The minimum Gasteiger partial charge on any atom is -0.338 e. The van der Waals surface area contributed by atoms with Crippen molar-refractivity contribution in [1.82, 2.24) is 14.9 Å². The molecule has 1 aliphatic heterocycles. The van der Waals surface area contributed by atoms with Crippen molar-refractivity contribution in [2.24, 2.45) is 5.92 Å². The molecule has 33 heavy (non-hydrogen) atoms. The lowest BCUT2D eigenvalue weighted by Gasteiger charge is -2.19. The largest absolute Gasteiger partial charge is 0.338 e. The average Bonchev–Trinajstić information content (AvgIpc) is 3.32. The van der Waals surface area contributed by atoms with Gasteiger partial charge in [0.25, 0.3) is 5.91 Å². The van der Waals surface area contributed by atoms with Crippen molar-refractivity contribution >= 4 is 11.5 Å². The number of rotatable bonds is 7. The van der Waals surface area contributed by atoms with Gasteiger partial charge in [-0.05, 0) is 74.4 Å². The van der Waals surface area contributed by atoms with Gasteiger partial charge in [-0.2, -0.15) is 0 Å². The molecule has 0 saturated carbocycles. The molecule has 5 nitrogen and oxygen atoms in total. The highest BCUT2D eigenvalue weighted by Crippen LogP contribution is 2.25. The Morgan fingerprint density at radius 3 is 2.61 bits per heavy atom. The lowest BCUT2D eigenvalue weighted by molar-refractivity contribution is -0.125. The molecule has 1 saturated heterocycles. The van der Waals surface area contributed by atoms with E-state index in [1.807, 2.05) is 48.3 Å². The average molecular weight is 447 g/mol. The highest BCUT2D eigenvalue weighted by Gasteiger charge is 2.28. The number of likely N-dealkylation sites (tertiary alicyclic amines) is 1. The third-order valence-corrected chi connectivity index (χ3v) is 5.81. The second-order valence-electron chi connectivity index (χ2n) is 8.10. The molecule has 1 aromatic carbocycles. The first kappa shape index (κ1) is 25.7. The van der Waals surface area contributed by atoms with Crippen LogP contribution in [0.3, 0.4) is 0 Å². The molecule has 6 heteroatoms. The van der Waals surface area contributed by atoms with Gasteiger partial charge < -0.3 is 4.90 Å². The normalized spacial score (nSPS) is 16.8. The zero-order valence-corrected chi connectivity index (χ0v) is 19.5. The zero-order chi connectivity index (χ0) is 24.2. The van der Waals surface area contributed by atoms with E-state index in [2.05, 4.69) is 30.4 Å². The SMILES string of the molecule is C#N.CC/C(C)=C/C=C\C(C(=O)N1CC[C@@H](Cc2ccc(F)cc2)C1)=C(/C)c1ccncn1. The van der Waals surface area contributed by atoms with E-state index in [4.69, 9.17) is 5.26 Å². The summed E-state index contributed by atoms with van der Waals surface area (Å²) in [7, 11) is 0. The summed E-state index contributed by atoms with van der Waals surface area (Å²) < 4.78 is 13.2. The van der Waals surface area contributed by atoms with Crippen LogP contribution in [0.4, 0.5) is 4.39 Å². The first-order valence-corrected chi connectivity index (χ1v) is 11.1. The summed E-state index contributed by atoms with van der Waals surface area (Å²) in [5, 5.41) is 6.50. The fourth-order valence-corrected chi connectivity index (χ4v) is 3.74. The van der Waals surface area contributed by atoms with E-state index < -0.39 is 0 Å². The summed E-state index contributed by atoms with van der Waals surface area (Å²) in [6.07, 6.45) is 11.8. The van der Waals surface area contributed by atoms with Crippen LogP contribution in [0.25, 0.3) is 5.57 Å². The number of carbonyl (C=O) groups is 1. The number of nitrogens with zero attached hydrogens (tertiary/aromatic N) is 4. The number of hydrogen-bond donors (Lipinski definition) is 0. The number of halogens is 1. The van der Waals surface area contributed by atoms with E-state index in [0.29, 0.717) is 18.0 Å². The Balaban J connectivity index is 0.00000187. The van der Waals surface area contributed by atoms with Gasteiger partial charge in [0.1, 0.15) is 12.1 Å². The lowest BCUT2D eigenvalue weighted by atomic mass is 9.99. The van der Waals surface area contributed by atoms with Crippen molar-refractivity contribution in [1.29, 1.82) is 5.26 Å². The number of aromatic nitrogens is 2. The van der Waals surface area contributed by atoms with Crippen LogP contribution in [0, 0.1) is 23.6 Å². The Morgan fingerprint density at radius 1 is 1.24 bits per heavy atom. The van der Waals surface area contributed by atoms with Crippen molar-refractivity contribution in [3.8, 4) is 6.57 Å². The number of hydrogen-bond acceptors (Lipinski definition) is 4. The van der Waals surface area contributed by atoms with E-state index in [9.17, 15) is 9.18 Å². The summed E-state index contributed by atoms with van der Waals surface area (Å²) in [5.41, 5.74) is 4.60. The highest BCUT2D eigenvalue weighted by molar-refractivity contribution is 6.03. The van der Waals surface area contributed by atoms with Crippen LogP contribution >= 0.6 is 0 Å². The standard InChI is InChI=1S/C26H30FN3O.CHN/c1-4-19(2)6-5-7-24(20(3)25-12-14-28-18-29-25)26(31)30-15-13-22(17-30)16-21-8-10-23(27)11-9-21;1-2/h5-12,14,18,22H,4,13,15-17H2,1-3H3;1H/b7-5-,19-6+,24-20-;/t22-;/m0./s1. The second-order valence-corrected chi connectivity index (χ2v) is 8.10. The molecule has 3 rings (SSSR count). The first-order chi connectivity index (χ1) is 16.0. The molecule has 1 amide bonds. The molecule has 1 fully saturated rings. The number of nitriles is 1. The lowest BCUT2D eigenvalue weighted by Crippen LogP contribution is -2.30. The molecule has 0 radical (unpaired) electrons. The number of amides is 1. The molecule has 0 spiro atoms. The van der Waals surface area contributed by atoms with Gasteiger partial charge in [-0.15, -0.1) is 0 Å². The predicted molar refractivity (Wildman–Crippen MR) is 129 cm³/mol. The van der Waals surface area contributed by atoms with Crippen molar-refractivity contribution in [2.45, 2.75) is 40.0 Å². The molecule has 0 aliphatic carbocycles. The van der Waals surface area contributed by atoms with Crippen LogP contribution < -0.4 is 0 Å².